The van der Waals surface area contributed by atoms with Crippen LogP contribution in [-0.4, -0.2) is 25.0 Å². The Morgan fingerprint density at radius 3 is 2.47 bits per heavy atom. The van der Waals surface area contributed by atoms with Crippen LogP contribution in [-0.2, 0) is 4.79 Å². The predicted molar refractivity (Wildman–Crippen MR) is 64.8 cm³/mol. The van der Waals surface area contributed by atoms with Crippen molar-refractivity contribution in [3.05, 3.63) is 0 Å². The maximum Gasteiger partial charge on any atom is 0.236 e. The predicted octanol–water partition coefficient (Wildman–Crippen LogP) is 1.93. The third kappa shape index (κ3) is 7.37. The van der Waals surface area contributed by atoms with Gasteiger partial charge in [-0.1, -0.05) is 33.6 Å². The molecule has 90 valence electrons. The summed E-state index contributed by atoms with van der Waals surface area (Å²) in [5.74, 6) is 0.752. The molecule has 0 saturated heterocycles. The number of nitrogens with one attached hydrogen (secondary N) is 2. The molecule has 0 aromatic rings. The molecule has 2 N–H and O–H groups in total. The number of unbranched alkanes of at least 4 members (excludes halogenated alkanes) is 1. The first kappa shape index (κ1) is 14.4. The average Bonchev–Trinajstić information content (AvgIpc) is 2.25. The van der Waals surface area contributed by atoms with Gasteiger partial charge in [0, 0.05) is 6.54 Å². The molecule has 0 heterocycles. The molecule has 0 radical (unpaired) electrons. The second-order valence-electron chi connectivity index (χ2n) is 4.29. The third-order valence-electron chi connectivity index (χ3n) is 2.69. The molecule has 0 aliphatic carbocycles. The molecule has 0 bridgehead atoms. The van der Waals surface area contributed by atoms with Gasteiger partial charge in [0.15, 0.2) is 0 Å². The van der Waals surface area contributed by atoms with E-state index >= 15 is 0 Å². The number of hydrogen-bond acceptors (Lipinski definition) is 2. The lowest BCUT2D eigenvalue weighted by molar-refractivity contribution is -0.122. The number of amides is 1. The zero-order valence-corrected chi connectivity index (χ0v) is 10.6. The standard InChI is InChI=1S/C12H26N2O/c1-5-7-8-13-12(15)11(4)14-9-10(3)6-2/h10-11,14H,5-9H2,1-4H3,(H,13,15). The highest BCUT2D eigenvalue weighted by molar-refractivity contribution is 5.81. The number of rotatable bonds is 8. The van der Waals surface area contributed by atoms with Gasteiger partial charge in [0.25, 0.3) is 0 Å². The van der Waals surface area contributed by atoms with E-state index < -0.39 is 0 Å². The van der Waals surface area contributed by atoms with Crippen molar-refractivity contribution in [1.29, 1.82) is 0 Å². The largest absolute Gasteiger partial charge is 0.355 e. The summed E-state index contributed by atoms with van der Waals surface area (Å²) in [4.78, 5) is 11.5. The maximum atomic E-state index is 11.5. The first-order valence-electron chi connectivity index (χ1n) is 6.12. The summed E-state index contributed by atoms with van der Waals surface area (Å²) < 4.78 is 0. The van der Waals surface area contributed by atoms with Crippen LogP contribution in [0.15, 0.2) is 0 Å². The van der Waals surface area contributed by atoms with E-state index in [9.17, 15) is 4.79 Å². The number of carbonyl (C=O) groups excluding carboxylic acids is 1. The lowest BCUT2D eigenvalue weighted by atomic mass is 10.1. The summed E-state index contributed by atoms with van der Waals surface area (Å²) in [5.41, 5.74) is 0. The summed E-state index contributed by atoms with van der Waals surface area (Å²) in [6, 6.07) is -0.0733. The monoisotopic (exact) mass is 214 g/mol. The molecule has 0 saturated carbocycles. The van der Waals surface area contributed by atoms with Gasteiger partial charge < -0.3 is 10.6 Å². The van der Waals surface area contributed by atoms with Crippen molar-refractivity contribution in [2.75, 3.05) is 13.1 Å². The molecule has 0 aromatic carbocycles. The fourth-order valence-corrected chi connectivity index (χ4v) is 1.16. The lowest BCUT2D eigenvalue weighted by Crippen LogP contribution is -2.43. The summed E-state index contributed by atoms with van der Waals surface area (Å²) in [6.07, 6.45) is 3.33. The number of hydrogen-bond donors (Lipinski definition) is 2. The fraction of sp³-hybridized carbons (Fsp3) is 0.917. The zero-order valence-electron chi connectivity index (χ0n) is 10.6. The Bertz CT molecular complexity index is 171. The summed E-state index contributed by atoms with van der Waals surface area (Å²) in [5, 5.41) is 6.17. The topological polar surface area (TPSA) is 41.1 Å². The molecule has 0 spiro atoms. The Balaban J connectivity index is 3.60. The van der Waals surface area contributed by atoms with Crippen LogP contribution >= 0.6 is 0 Å². The van der Waals surface area contributed by atoms with E-state index in [1.807, 2.05) is 6.92 Å². The second kappa shape index (κ2) is 8.72. The van der Waals surface area contributed by atoms with Crippen molar-refractivity contribution in [1.82, 2.24) is 10.6 Å². The number of carbonyl (C=O) groups is 1. The Morgan fingerprint density at radius 2 is 1.93 bits per heavy atom. The highest BCUT2D eigenvalue weighted by atomic mass is 16.2. The van der Waals surface area contributed by atoms with Gasteiger partial charge >= 0.3 is 0 Å². The molecular weight excluding hydrogens is 188 g/mol. The van der Waals surface area contributed by atoms with Gasteiger partial charge in [-0.05, 0) is 25.8 Å². The fourth-order valence-electron chi connectivity index (χ4n) is 1.16. The van der Waals surface area contributed by atoms with E-state index in [2.05, 4.69) is 31.4 Å². The average molecular weight is 214 g/mol. The van der Waals surface area contributed by atoms with Crippen LogP contribution in [0, 0.1) is 5.92 Å². The minimum Gasteiger partial charge on any atom is -0.355 e. The molecular formula is C12H26N2O. The van der Waals surface area contributed by atoms with E-state index in [0.29, 0.717) is 5.92 Å². The third-order valence-corrected chi connectivity index (χ3v) is 2.69. The van der Waals surface area contributed by atoms with Crippen molar-refractivity contribution in [3.63, 3.8) is 0 Å². The minimum absolute atomic E-state index is 0.0733. The van der Waals surface area contributed by atoms with Crippen molar-refractivity contribution in [2.24, 2.45) is 5.92 Å². The van der Waals surface area contributed by atoms with Gasteiger partial charge in [-0.3, -0.25) is 4.79 Å². The van der Waals surface area contributed by atoms with E-state index in [4.69, 9.17) is 0 Å². The van der Waals surface area contributed by atoms with Crippen LogP contribution < -0.4 is 10.6 Å². The molecule has 3 heteroatoms. The van der Waals surface area contributed by atoms with Crippen LogP contribution in [0.4, 0.5) is 0 Å². The SMILES string of the molecule is CCCCNC(=O)C(C)NCC(C)CC. The molecule has 0 fully saturated rings. The maximum absolute atomic E-state index is 11.5. The Hall–Kier alpha value is -0.570. The van der Waals surface area contributed by atoms with E-state index in [0.717, 1.165) is 32.4 Å². The van der Waals surface area contributed by atoms with Gasteiger partial charge in [-0.15, -0.1) is 0 Å². The molecule has 0 aliphatic heterocycles. The van der Waals surface area contributed by atoms with E-state index in [1.165, 1.54) is 0 Å². The molecule has 3 nitrogen and oxygen atoms in total. The molecule has 1 amide bonds. The summed E-state index contributed by atoms with van der Waals surface area (Å²) >= 11 is 0. The quantitative estimate of drug-likeness (QED) is 0.606. The second-order valence-corrected chi connectivity index (χ2v) is 4.29. The van der Waals surface area contributed by atoms with Gasteiger partial charge in [0.05, 0.1) is 6.04 Å². The van der Waals surface area contributed by atoms with Crippen LogP contribution in [0.25, 0.3) is 0 Å². The minimum atomic E-state index is -0.0733. The van der Waals surface area contributed by atoms with Crippen LogP contribution in [0.1, 0.15) is 47.0 Å². The first-order chi connectivity index (χ1) is 7.11. The molecule has 15 heavy (non-hydrogen) atoms. The van der Waals surface area contributed by atoms with Crippen LogP contribution in [0.2, 0.25) is 0 Å². The smallest absolute Gasteiger partial charge is 0.236 e. The molecule has 0 rings (SSSR count). The Kier molecular flexibility index (Phi) is 8.38. The Labute approximate surface area is 94.0 Å². The normalized spacial score (nSPS) is 14.7. The van der Waals surface area contributed by atoms with Crippen molar-refractivity contribution >= 4 is 5.91 Å². The Morgan fingerprint density at radius 1 is 1.27 bits per heavy atom. The van der Waals surface area contributed by atoms with Gasteiger partial charge in [0.1, 0.15) is 0 Å². The molecule has 2 atom stereocenters. The molecule has 0 aromatic heterocycles. The van der Waals surface area contributed by atoms with E-state index in [1.54, 1.807) is 0 Å². The molecule has 2 unspecified atom stereocenters. The van der Waals surface area contributed by atoms with E-state index in [-0.39, 0.29) is 11.9 Å². The summed E-state index contributed by atoms with van der Waals surface area (Å²) in [6.45, 7) is 10.1. The van der Waals surface area contributed by atoms with Gasteiger partial charge in [0.2, 0.25) is 5.91 Å². The van der Waals surface area contributed by atoms with Crippen molar-refractivity contribution < 1.29 is 4.79 Å². The van der Waals surface area contributed by atoms with Crippen LogP contribution in [0.3, 0.4) is 0 Å². The zero-order chi connectivity index (χ0) is 11.7. The van der Waals surface area contributed by atoms with Crippen LogP contribution in [0.5, 0.6) is 0 Å². The van der Waals surface area contributed by atoms with Gasteiger partial charge in [-0.25, -0.2) is 0 Å². The van der Waals surface area contributed by atoms with Crippen molar-refractivity contribution in [2.45, 2.75) is 53.0 Å². The molecule has 0 aliphatic rings. The van der Waals surface area contributed by atoms with Gasteiger partial charge in [-0.2, -0.15) is 0 Å². The summed E-state index contributed by atoms with van der Waals surface area (Å²) in [7, 11) is 0. The lowest BCUT2D eigenvalue weighted by Gasteiger charge is -2.16. The van der Waals surface area contributed by atoms with Crippen molar-refractivity contribution in [3.8, 4) is 0 Å². The first-order valence-corrected chi connectivity index (χ1v) is 6.12. The highest BCUT2D eigenvalue weighted by Gasteiger charge is 2.11. The highest BCUT2D eigenvalue weighted by Crippen LogP contribution is 1.98.